The number of hydrogen-bond donors (Lipinski definition) is 3. The number of anilines is 1. The zero-order valence-electron chi connectivity index (χ0n) is 9.47. The van der Waals surface area contributed by atoms with Crippen LogP contribution in [0.2, 0.25) is 0 Å². The first-order valence-electron chi connectivity index (χ1n) is 5.58. The van der Waals surface area contributed by atoms with Gasteiger partial charge in [-0.15, -0.1) is 0 Å². The van der Waals surface area contributed by atoms with E-state index in [2.05, 4.69) is 40.2 Å². The van der Waals surface area contributed by atoms with Gasteiger partial charge in [0.1, 0.15) is 18.1 Å². The Morgan fingerprint density at radius 1 is 1.44 bits per heavy atom. The number of aromatic nitrogens is 4. The van der Waals surface area contributed by atoms with Crippen molar-refractivity contribution in [3.05, 3.63) is 12.7 Å². The molecule has 2 aromatic heterocycles. The first-order valence-corrected chi connectivity index (χ1v) is 6.73. The summed E-state index contributed by atoms with van der Waals surface area (Å²) in [5.74, 6) is 1.03. The molecule has 0 bridgehead atoms. The molecule has 3 atom stereocenters. The van der Waals surface area contributed by atoms with Gasteiger partial charge in [-0.25, -0.2) is 15.0 Å². The van der Waals surface area contributed by atoms with Gasteiger partial charge in [0.05, 0.1) is 12.4 Å². The molecule has 0 spiro atoms. The predicted molar refractivity (Wildman–Crippen MR) is 74.9 cm³/mol. The number of ether oxygens (including phenoxy) is 1. The third-order valence-electron chi connectivity index (χ3n) is 3.08. The molecule has 1 fully saturated rings. The number of nitrogens with two attached hydrogens (primary N) is 1. The number of nitrogen functional groups attached to an aromatic ring is 1. The largest absolute Gasteiger partial charge is 0.382 e. The van der Waals surface area contributed by atoms with Gasteiger partial charge in [0, 0.05) is 17.4 Å². The minimum atomic E-state index is -0.121. The smallest absolute Gasteiger partial charge is 0.167 e. The lowest BCUT2D eigenvalue weighted by atomic mass is 10.2. The van der Waals surface area contributed by atoms with Crippen LogP contribution in [0.4, 0.5) is 5.82 Å². The molecule has 0 aromatic carbocycles. The highest BCUT2D eigenvalue weighted by atomic mass is 32.1. The highest BCUT2D eigenvalue weighted by Gasteiger charge is 2.34. The van der Waals surface area contributed by atoms with Crippen molar-refractivity contribution in [2.45, 2.75) is 24.0 Å². The maximum absolute atomic E-state index is 5.88. The van der Waals surface area contributed by atoms with E-state index in [0.717, 1.165) is 6.42 Å². The van der Waals surface area contributed by atoms with E-state index in [1.807, 2.05) is 4.57 Å². The molecule has 2 aromatic rings. The van der Waals surface area contributed by atoms with E-state index in [9.17, 15) is 0 Å². The maximum Gasteiger partial charge on any atom is 0.167 e. The van der Waals surface area contributed by atoms with Crippen LogP contribution in [-0.4, -0.2) is 36.6 Å². The summed E-state index contributed by atoms with van der Waals surface area (Å²) in [4.78, 5) is 12.4. The molecule has 0 amide bonds. The number of hydrogen-bond acceptors (Lipinski definition) is 7. The van der Waals surface area contributed by atoms with Gasteiger partial charge in [0.15, 0.2) is 11.5 Å². The summed E-state index contributed by atoms with van der Waals surface area (Å²) < 4.78 is 7.76. The Bertz CT molecular complexity index is 574. The van der Waals surface area contributed by atoms with Gasteiger partial charge in [-0.05, 0) is 0 Å². The Kier molecular flexibility index (Phi) is 3.08. The van der Waals surface area contributed by atoms with Gasteiger partial charge in [-0.3, -0.25) is 4.57 Å². The fourth-order valence-corrected chi connectivity index (χ4v) is 2.99. The molecule has 18 heavy (non-hydrogen) atoms. The van der Waals surface area contributed by atoms with Crippen molar-refractivity contribution in [1.82, 2.24) is 19.5 Å². The summed E-state index contributed by atoms with van der Waals surface area (Å²) in [6, 6.07) is 0. The van der Waals surface area contributed by atoms with Crippen molar-refractivity contribution in [2.24, 2.45) is 0 Å². The van der Waals surface area contributed by atoms with Crippen LogP contribution in [0.1, 0.15) is 12.6 Å². The molecule has 0 aliphatic carbocycles. The zero-order chi connectivity index (χ0) is 12.7. The monoisotopic (exact) mass is 283 g/mol. The molecule has 6 nitrogen and oxygen atoms in total. The van der Waals surface area contributed by atoms with Crippen molar-refractivity contribution in [1.29, 1.82) is 0 Å². The second-order valence-corrected chi connectivity index (χ2v) is 5.23. The van der Waals surface area contributed by atoms with Crippen molar-refractivity contribution in [3.8, 4) is 0 Å². The zero-order valence-corrected chi connectivity index (χ0v) is 11.3. The summed E-state index contributed by atoms with van der Waals surface area (Å²) in [6.45, 7) is 0. The molecule has 2 N–H and O–H groups in total. The molecular weight excluding hydrogens is 270 g/mol. The van der Waals surface area contributed by atoms with Crippen molar-refractivity contribution in [2.75, 3.05) is 11.5 Å². The average Bonchev–Trinajstić information content (AvgIpc) is 2.93. The Morgan fingerprint density at radius 2 is 2.28 bits per heavy atom. The number of fused-ring (bicyclic) bond motifs is 1. The second kappa shape index (κ2) is 4.60. The highest BCUT2D eigenvalue weighted by molar-refractivity contribution is 7.81. The van der Waals surface area contributed by atoms with Crippen LogP contribution in [0.25, 0.3) is 11.2 Å². The molecule has 8 heteroatoms. The van der Waals surface area contributed by atoms with Gasteiger partial charge in [-0.2, -0.15) is 25.3 Å². The van der Waals surface area contributed by atoms with Gasteiger partial charge >= 0.3 is 0 Å². The van der Waals surface area contributed by atoms with E-state index in [1.54, 1.807) is 6.33 Å². The Labute approximate surface area is 115 Å². The standard InChI is InChI=1S/C10H13N5OS2/c11-9-8-10(13-3-12-9)15(4-14-8)7-1-6(18)5(2-17)16-7/h3-7,17-18H,1-2H2,(H2,11,12,13)/t5-,6+,7+/m1/s1. The van der Waals surface area contributed by atoms with Crippen LogP contribution in [0.3, 0.4) is 0 Å². The lowest BCUT2D eigenvalue weighted by Gasteiger charge is -2.13. The van der Waals surface area contributed by atoms with Gasteiger partial charge in [0.2, 0.25) is 0 Å². The lowest BCUT2D eigenvalue weighted by Crippen LogP contribution is -2.17. The van der Waals surface area contributed by atoms with E-state index in [4.69, 9.17) is 10.5 Å². The molecule has 3 rings (SSSR count). The molecule has 3 heterocycles. The van der Waals surface area contributed by atoms with E-state index in [-0.39, 0.29) is 17.6 Å². The summed E-state index contributed by atoms with van der Waals surface area (Å²) in [5, 5.41) is 0.170. The molecule has 96 valence electrons. The number of thiol groups is 2. The summed E-state index contributed by atoms with van der Waals surface area (Å²) in [6.07, 6.45) is 3.83. The molecule has 1 aliphatic heterocycles. The fourth-order valence-electron chi connectivity index (χ4n) is 2.13. The van der Waals surface area contributed by atoms with Crippen LogP contribution >= 0.6 is 25.3 Å². The first kappa shape index (κ1) is 12.1. The summed E-state index contributed by atoms with van der Waals surface area (Å²) >= 11 is 8.77. The normalized spacial score (nSPS) is 28.0. The second-order valence-electron chi connectivity index (χ2n) is 4.20. The van der Waals surface area contributed by atoms with Gasteiger partial charge in [0.25, 0.3) is 0 Å². The number of imidazole rings is 1. The van der Waals surface area contributed by atoms with Crippen LogP contribution in [0, 0.1) is 0 Å². The van der Waals surface area contributed by atoms with Gasteiger partial charge < -0.3 is 10.5 Å². The molecular formula is C10H13N5OS2. The van der Waals surface area contributed by atoms with E-state index < -0.39 is 0 Å². The van der Waals surface area contributed by atoms with Crippen LogP contribution < -0.4 is 5.73 Å². The third kappa shape index (κ3) is 1.84. The summed E-state index contributed by atoms with van der Waals surface area (Å²) in [5.41, 5.74) is 7.04. The number of rotatable bonds is 2. The fraction of sp³-hybridized carbons (Fsp3) is 0.500. The number of nitrogens with zero attached hydrogens (tertiary/aromatic N) is 4. The van der Waals surface area contributed by atoms with E-state index >= 15 is 0 Å². The van der Waals surface area contributed by atoms with E-state index in [0.29, 0.717) is 22.7 Å². The molecule has 0 unspecified atom stereocenters. The maximum atomic E-state index is 5.88. The van der Waals surface area contributed by atoms with Crippen LogP contribution in [0.15, 0.2) is 12.7 Å². The molecule has 0 saturated carbocycles. The van der Waals surface area contributed by atoms with Crippen molar-refractivity contribution in [3.63, 3.8) is 0 Å². The Morgan fingerprint density at radius 3 is 3.00 bits per heavy atom. The van der Waals surface area contributed by atoms with Crippen LogP contribution in [-0.2, 0) is 4.74 Å². The SMILES string of the molecule is Nc1ncnc2c1ncn2[C@@H]1C[C@H](S)[C@@H](CS)O1. The summed E-state index contributed by atoms with van der Waals surface area (Å²) in [7, 11) is 0. The quantitative estimate of drug-likeness (QED) is 0.714. The minimum Gasteiger partial charge on any atom is -0.382 e. The molecule has 0 radical (unpaired) electrons. The predicted octanol–water partition coefficient (Wildman–Crippen LogP) is 0.924. The Hall–Kier alpha value is -0.990. The minimum absolute atomic E-state index is 0.0401. The van der Waals surface area contributed by atoms with Crippen LogP contribution in [0.5, 0.6) is 0 Å². The molecule has 1 aliphatic rings. The molecule has 1 saturated heterocycles. The van der Waals surface area contributed by atoms with Crippen molar-refractivity contribution >= 4 is 42.2 Å². The first-order chi connectivity index (χ1) is 8.70. The topological polar surface area (TPSA) is 78.9 Å². The van der Waals surface area contributed by atoms with E-state index in [1.165, 1.54) is 6.33 Å². The highest BCUT2D eigenvalue weighted by Crippen LogP contribution is 2.34. The van der Waals surface area contributed by atoms with Crippen molar-refractivity contribution < 1.29 is 4.74 Å². The van der Waals surface area contributed by atoms with Gasteiger partial charge in [-0.1, -0.05) is 0 Å². The average molecular weight is 283 g/mol. The lowest BCUT2D eigenvalue weighted by molar-refractivity contribution is 0.0161. The third-order valence-corrected chi connectivity index (χ3v) is 3.98. The Balaban J connectivity index is 1.99.